The number of aryl methyl sites for hydroxylation is 1. The Labute approximate surface area is 207 Å². The smallest absolute Gasteiger partial charge is 0.408 e. The first-order valence-corrected chi connectivity index (χ1v) is 11.2. The van der Waals surface area contributed by atoms with Gasteiger partial charge < -0.3 is 15.1 Å². The summed E-state index contributed by atoms with van der Waals surface area (Å²) in [5.74, 6) is -3.00. The van der Waals surface area contributed by atoms with Gasteiger partial charge in [0.1, 0.15) is 17.2 Å². The summed E-state index contributed by atoms with van der Waals surface area (Å²) in [5, 5.41) is 9.29. The summed E-state index contributed by atoms with van der Waals surface area (Å²) in [4.78, 5) is 41.7. The van der Waals surface area contributed by atoms with Crippen molar-refractivity contribution >= 4 is 28.6 Å². The molecule has 5 aromatic rings. The Kier molecular flexibility index (Phi) is 5.99. The van der Waals surface area contributed by atoms with Crippen LogP contribution in [0.1, 0.15) is 45.1 Å². The predicted octanol–water partition coefficient (Wildman–Crippen LogP) is 2.87. The summed E-state index contributed by atoms with van der Waals surface area (Å²) in [5.41, 5.74) is 1.72. The van der Waals surface area contributed by atoms with E-state index in [0.29, 0.717) is 22.2 Å². The van der Waals surface area contributed by atoms with Gasteiger partial charge in [-0.05, 0) is 42.3 Å². The van der Waals surface area contributed by atoms with Crippen LogP contribution in [0.5, 0.6) is 0 Å². The van der Waals surface area contributed by atoms with Crippen molar-refractivity contribution in [2.24, 2.45) is 7.05 Å². The number of oxazole rings is 1. The van der Waals surface area contributed by atoms with Gasteiger partial charge in [0.25, 0.3) is 11.8 Å². The Hall–Kier alpha value is -4.87. The van der Waals surface area contributed by atoms with Gasteiger partial charge in [0.05, 0.1) is 17.8 Å². The minimum Gasteiger partial charge on any atom is -0.408 e. The molecule has 188 valence electrons. The van der Waals surface area contributed by atoms with Crippen LogP contribution in [-0.2, 0) is 13.6 Å². The second kappa shape index (κ2) is 9.30. The van der Waals surface area contributed by atoms with Crippen molar-refractivity contribution in [3.63, 3.8) is 0 Å². The zero-order valence-electron chi connectivity index (χ0n) is 19.7. The molecule has 0 saturated carbocycles. The van der Waals surface area contributed by atoms with Gasteiger partial charge in [-0.3, -0.25) is 14.2 Å². The normalized spacial score (nSPS) is 12.1. The summed E-state index contributed by atoms with van der Waals surface area (Å²) in [6.07, 6.45) is 0.897. The number of aromatic nitrogens is 4. The number of carbonyl (C=O) groups is 2. The van der Waals surface area contributed by atoms with E-state index in [1.54, 1.807) is 32.2 Å². The van der Waals surface area contributed by atoms with E-state index in [-0.39, 0.29) is 23.6 Å². The third-order valence-corrected chi connectivity index (χ3v) is 5.92. The number of halogens is 2. The maximum absolute atomic E-state index is 14.4. The van der Waals surface area contributed by atoms with E-state index in [4.69, 9.17) is 4.42 Å². The number of amides is 2. The fourth-order valence-electron chi connectivity index (χ4n) is 3.87. The molecular formula is C25H20F2N6O4. The van der Waals surface area contributed by atoms with Crippen LogP contribution in [0.25, 0.3) is 16.7 Å². The molecule has 0 saturated heterocycles. The second-order valence-electron chi connectivity index (χ2n) is 8.41. The largest absolute Gasteiger partial charge is 0.419 e. The highest BCUT2D eigenvalue weighted by Crippen LogP contribution is 2.17. The van der Waals surface area contributed by atoms with Crippen LogP contribution in [0.15, 0.2) is 63.9 Å². The first-order chi connectivity index (χ1) is 17.7. The van der Waals surface area contributed by atoms with E-state index in [2.05, 4.69) is 20.7 Å². The highest BCUT2D eigenvalue weighted by molar-refractivity contribution is 5.98. The van der Waals surface area contributed by atoms with Gasteiger partial charge in [-0.15, -0.1) is 0 Å². The summed E-state index contributed by atoms with van der Waals surface area (Å²) in [7, 11) is 1.57. The molecule has 0 bridgehead atoms. The minimum absolute atomic E-state index is 0.0753. The zero-order valence-corrected chi connectivity index (χ0v) is 19.7. The number of fused-ring (bicyclic) bond motifs is 2. The first-order valence-electron chi connectivity index (χ1n) is 11.2. The lowest BCUT2D eigenvalue weighted by molar-refractivity contribution is 0.0932. The van der Waals surface area contributed by atoms with Crippen molar-refractivity contribution in [1.29, 1.82) is 0 Å². The monoisotopic (exact) mass is 506 g/mol. The molecule has 5 rings (SSSR count). The molecule has 0 radical (unpaired) electrons. The molecule has 1 atom stereocenters. The van der Waals surface area contributed by atoms with Crippen molar-refractivity contribution in [2.45, 2.75) is 19.5 Å². The average Bonchev–Trinajstić information content (AvgIpc) is 3.40. The average molecular weight is 506 g/mol. The second-order valence-corrected chi connectivity index (χ2v) is 8.41. The van der Waals surface area contributed by atoms with Crippen molar-refractivity contribution in [3.8, 4) is 0 Å². The van der Waals surface area contributed by atoms with Crippen molar-refractivity contribution < 1.29 is 22.8 Å². The van der Waals surface area contributed by atoms with Crippen LogP contribution in [0, 0.1) is 11.6 Å². The molecule has 3 heterocycles. The zero-order chi connectivity index (χ0) is 26.3. The van der Waals surface area contributed by atoms with E-state index in [9.17, 15) is 23.2 Å². The van der Waals surface area contributed by atoms with E-state index < -0.39 is 35.2 Å². The summed E-state index contributed by atoms with van der Waals surface area (Å²) < 4.78 is 35.0. The fraction of sp³-hybridized carbons (Fsp3) is 0.160. The van der Waals surface area contributed by atoms with Crippen molar-refractivity contribution in [3.05, 3.63) is 99.4 Å². The Morgan fingerprint density at radius 3 is 2.59 bits per heavy atom. The lowest BCUT2D eigenvalue weighted by atomic mass is 10.1. The van der Waals surface area contributed by atoms with Gasteiger partial charge in [-0.25, -0.2) is 23.1 Å². The minimum atomic E-state index is -0.804. The molecule has 10 nitrogen and oxygen atoms in total. The molecule has 2 aromatic carbocycles. The number of hydrogen-bond donors (Lipinski definition) is 2. The first kappa shape index (κ1) is 23.9. The third kappa shape index (κ3) is 4.56. The van der Waals surface area contributed by atoms with Crippen LogP contribution < -0.4 is 16.4 Å². The Bertz CT molecular complexity index is 1720. The molecule has 2 amide bonds. The van der Waals surface area contributed by atoms with E-state index in [1.165, 1.54) is 34.9 Å². The molecule has 3 aromatic heterocycles. The Morgan fingerprint density at radius 2 is 1.84 bits per heavy atom. The van der Waals surface area contributed by atoms with E-state index in [0.717, 1.165) is 10.7 Å². The van der Waals surface area contributed by atoms with E-state index >= 15 is 0 Å². The number of hydrogen-bond acceptors (Lipinski definition) is 6. The summed E-state index contributed by atoms with van der Waals surface area (Å²) in [6.45, 7) is 1.78. The topological polar surface area (TPSA) is 124 Å². The number of benzene rings is 2. The lowest BCUT2D eigenvalue weighted by Crippen LogP contribution is -2.30. The lowest BCUT2D eigenvalue weighted by Gasteiger charge is -2.15. The molecule has 0 unspecified atom stereocenters. The Morgan fingerprint density at radius 1 is 1.08 bits per heavy atom. The predicted molar refractivity (Wildman–Crippen MR) is 128 cm³/mol. The molecule has 0 aliphatic heterocycles. The van der Waals surface area contributed by atoms with Crippen LogP contribution in [0.3, 0.4) is 0 Å². The summed E-state index contributed by atoms with van der Waals surface area (Å²) >= 11 is 0. The summed E-state index contributed by atoms with van der Waals surface area (Å²) in [6, 6.07) is 11.3. The molecular weight excluding hydrogens is 486 g/mol. The molecule has 37 heavy (non-hydrogen) atoms. The molecule has 0 fully saturated rings. The quantitative estimate of drug-likeness (QED) is 0.365. The number of nitrogens with zero attached hydrogens (tertiary/aromatic N) is 4. The highest BCUT2D eigenvalue weighted by atomic mass is 19.1. The Balaban J connectivity index is 1.39. The van der Waals surface area contributed by atoms with E-state index in [1.807, 2.05) is 0 Å². The molecule has 12 heteroatoms. The molecule has 0 spiro atoms. The standard InChI is InChI=1S/C25H20F2N6O4/c1-13(15-4-6-16(26)7-5-15)30-24(35)20-10-18(31-22-17(27)12-29-33(20)22)23(34)28-11-14-3-8-21-19(9-14)32(2)25(36)37-21/h3-10,12-13H,11H2,1-2H3,(H,28,34)(H,30,35)/t13-/m0/s1. The van der Waals surface area contributed by atoms with Crippen LogP contribution in [0.4, 0.5) is 8.78 Å². The fourth-order valence-corrected chi connectivity index (χ4v) is 3.87. The van der Waals surface area contributed by atoms with Gasteiger partial charge in [0, 0.05) is 19.7 Å². The van der Waals surface area contributed by atoms with Crippen LogP contribution in [-0.4, -0.2) is 31.0 Å². The van der Waals surface area contributed by atoms with Crippen LogP contribution in [0.2, 0.25) is 0 Å². The van der Waals surface area contributed by atoms with Crippen molar-refractivity contribution in [2.75, 3.05) is 0 Å². The van der Waals surface area contributed by atoms with Gasteiger partial charge in [-0.2, -0.15) is 5.10 Å². The maximum Gasteiger partial charge on any atom is 0.419 e. The van der Waals surface area contributed by atoms with Gasteiger partial charge in [-0.1, -0.05) is 18.2 Å². The molecule has 2 N–H and O–H groups in total. The maximum atomic E-state index is 14.4. The van der Waals surface area contributed by atoms with Crippen LogP contribution >= 0.6 is 0 Å². The molecule has 0 aliphatic carbocycles. The molecule has 0 aliphatic rings. The highest BCUT2D eigenvalue weighted by Gasteiger charge is 2.21. The SMILES string of the molecule is C[C@H](NC(=O)c1cc(C(=O)NCc2ccc3oc(=O)n(C)c3c2)nc2c(F)cnn12)c1ccc(F)cc1. The number of carbonyl (C=O) groups excluding carboxylic acids is 2. The van der Waals surface area contributed by atoms with Crippen molar-refractivity contribution in [1.82, 2.24) is 29.8 Å². The third-order valence-electron chi connectivity index (χ3n) is 5.92. The van der Waals surface area contributed by atoms with Gasteiger partial charge in [0.2, 0.25) is 0 Å². The number of nitrogens with one attached hydrogen (secondary N) is 2. The number of rotatable bonds is 6. The van der Waals surface area contributed by atoms with Gasteiger partial charge in [0.15, 0.2) is 17.0 Å². The van der Waals surface area contributed by atoms with Gasteiger partial charge >= 0.3 is 5.76 Å².